The summed E-state index contributed by atoms with van der Waals surface area (Å²) < 4.78 is 25.8. The van der Waals surface area contributed by atoms with Crippen molar-refractivity contribution in [3.8, 4) is 23.0 Å². The Labute approximate surface area is 230 Å². The van der Waals surface area contributed by atoms with Crippen molar-refractivity contribution in [1.29, 1.82) is 0 Å². The van der Waals surface area contributed by atoms with Crippen LogP contribution in [0.5, 0.6) is 5.88 Å². The van der Waals surface area contributed by atoms with Crippen LogP contribution in [0.3, 0.4) is 0 Å². The molecule has 1 aromatic carbocycles. The molecule has 13 heteroatoms. The minimum atomic E-state index is -0.629. The molecular weight excluding hydrogens is 519 g/mol. The Hall–Kier alpha value is -4.46. The summed E-state index contributed by atoms with van der Waals surface area (Å²) in [5.41, 5.74) is 3.07. The molecule has 1 fully saturated rings. The van der Waals surface area contributed by atoms with Gasteiger partial charge in [-0.1, -0.05) is 18.2 Å². The summed E-state index contributed by atoms with van der Waals surface area (Å²) in [5, 5.41) is 12.4. The van der Waals surface area contributed by atoms with Crippen LogP contribution in [0.2, 0.25) is 0 Å². The van der Waals surface area contributed by atoms with E-state index in [0.717, 1.165) is 5.69 Å². The maximum Gasteiger partial charge on any atom is 0.320 e. The molecule has 2 N–H and O–H groups in total. The fourth-order valence-corrected chi connectivity index (χ4v) is 4.44. The number of amides is 2. The summed E-state index contributed by atoms with van der Waals surface area (Å²) in [6.45, 7) is 3.13. The third-order valence-corrected chi connectivity index (χ3v) is 6.40. The molecule has 40 heavy (non-hydrogen) atoms. The molecule has 1 aliphatic rings. The summed E-state index contributed by atoms with van der Waals surface area (Å²) in [7, 11) is 3.11. The minimum Gasteiger partial charge on any atom is -0.480 e. The van der Waals surface area contributed by atoms with Gasteiger partial charge in [-0.25, -0.2) is 24.4 Å². The van der Waals surface area contributed by atoms with Gasteiger partial charge in [-0.3, -0.25) is 10.2 Å². The van der Waals surface area contributed by atoms with Crippen LogP contribution >= 0.6 is 0 Å². The van der Waals surface area contributed by atoms with Crippen LogP contribution < -0.4 is 15.4 Å². The zero-order chi connectivity index (χ0) is 28.1. The quantitative estimate of drug-likeness (QED) is 0.303. The van der Waals surface area contributed by atoms with E-state index in [-0.39, 0.29) is 0 Å². The van der Waals surface area contributed by atoms with Crippen LogP contribution in [0.4, 0.5) is 15.0 Å². The lowest BCUT2D eigenvalue weighted by molar-refractivity contribution is -0.154. The lowest BCUT2D eigenvalue weighted by atomic mass is 10.0. The number of carbonyl (C=O) groups is 1. The lowest BCUT2D eigenvalue weighted by Crippen LogP contribution is -2.42. The highest BCUT2D eigenvalue weighted by Gasteiger charge is 2.37. The van der Waals surface area contributed by atoms with Crippen LogP contribution in [-0.2, 0) is 9.57 Å². The molecule has 0 bridgehead atoms. The number of urea groups is 1. The number of benzene rings is 1. The maximum absolute atomic E-state index is 13.9. The van der Waals surface area contributed by atoms with Gasteiger partial charge in [-0.2, -0.15) is 14.6 Å². The molecule has 0 radical (unpaired) electrons. The van der Waals surface area contributed by atoms with E-state index < -0.39 is 24.1 Å². The Morgan fingerprint density at radius 1 is 1.15 bits per heavy atom. The number of anilines is 1. The van der Waals surface area contributed by atoms with Gasteiger partial charge in [0.2, 0.25) is 11.8 Å². The van der Waals surface area contributed by atoms with E-state index in [1.54, 1.807) is 29.1 Å². The first-order valence-corrected chi connectivity index (χ1v) is 12.6. The predicted octanol–water partition coefficient (Wildman–Crippen LogP) is 3.31. The molecule has 3 aromatic heterocycles. The molecule has 0 saturated carbocycles. The average molecular weight is 549 g/mol. The molecule has 0 aliphatic carbocycles. The number of carbonyl (C=O) groups excluding carboxylic acids is 1. The van der Waals surface area contributed by atoms with Gasteiger partial charge in [0.05, 0.1) is 37.8 Å². The van der Waals surface area contributed by atoms with Crippen LogP contribution in [0.15, 0.2) is 61.1 Å². The molecule has 4 aromatic rings. The van der Waals surface area contributed by atoms with Crippen molar-refractivity contribution in [3.05, 3.63) is 78.1 Å². The Kier molecular flexibility index (Phi) is 8.24. The topological polar surface area (TPSA) is 129 Å². The molecule has 0 unspecified atom stereocenters. The van der Waals surface area contributed by atoms with Crippen molar-refractivity contribution in [2.45, 2.75) is 19.1 Å². The zero-order valence-corrected chi connectivity index (χ0v) is 22.2. The van der Waals surface area contributed by atoms with Crippen molar-refractivity contribution >= 4 is 11.8 Å². The summed E-state index contributed by atoms with van der Waals surface area (Å²) in [6, 6.07) is 11.4. The number of hydrogen-bond acceptors (Lipinski definition) is 9. The van der Waals surface area contributed by atoms with E-state index in [1.807, 2.05) is 37.3 Å². The summed E-state index contributed by atoms with van der Waals surface area (Å²) in [6.07, 6.45) is 3.82. The first-order chi connectivity index (χ1) is 19.5. The number of para-hydroxylation sites is 1. The second-order valence-electron chi connectivity index (χ2n) is 9.04. The standard InChI is InChI=1S/C27H29FN8O4/c1-17-24(20-14-31-23(39-3)15-30-20)34-36(19-7-5-4-6-8-19)26(17)33-27(37)32-21-16-35(11-12-38-2)40-25(21)18-9-10-29-22(28)13-18/h4-10,13-15,21,25H,11-12,16H2,1-3H3,(H2,32,33,37)/t21-,25+/m1/s1. The molecule has 5 rings (SSSR count). The third kappa shape index (κ3) is 5.91. The van der Waals surface area contributed by atoms with E-state index in [4.69, 9.17) is 19.4 Å². The van der Waals surface area contributed by atoms with Crippen molar-refractivity contribution in [1.82, 2.24) is 35.1 Å². The highest BCUT2D eigenvalue weighted by Crippen LogP contribution is 2.31. The van der Waals surface area contributed by atoms with E-state index in [1.165, 1.54) is 25.6 Å². The molecular formula is C27H29FN8O4. The monoisotopic (exact) mass is 548 g/mol. The summed E-state index contributed by atoms with van der Waals surface area (Å²) in [4.78, 5) is 31.7. The molecule has 4 heterocycles. The molecule has 2 atom stereocenters. The van der Waals surface area contributed by atoms with Gasteiger partial charge in [0.25, 0.3) is 0 Å². The minimum absolute atomic E-state index is 0.370. The van der Waals surface area contributed by atoms with Crippen LogP contribution in [0.25, 0.3) is 17.1 Å². The Bertz CT molecular complexity index is 1450. The number of hydrogen-bond donors (Lipinski definition) is 2. The van der Waals surface area contributed by atoms with Crippen molar-refractivity contribution in [3.63, 3.8) is 0 Å². The Morgan fingerprint density at radius 2 is 1.98 bits per heavy atom. The highest BCUT2D eigenvalue weighted by molar-refractivity contribution is 5.91. The van der Waals surface area contributed by atoms with Crippen molar-refractivity contribution < 1.29 is 23.5 Å². The van der Waals surface area contributed by atoms with Gasteiger partial charge < -0.3 is 14.8 Å². The highest BCUT2D eigenvalue weighted by atomic mass is 19.1. The second-order valence-corrected chi connectivity index (χ2v) is 9.04. The number of halogens is 1. The predicted molar refractivity (Wildman–Crippen MR) is 143 cm³/mol. The average Bonchev–Trinajstić information content (AvgIpc) is 3.52. The van der Waals surface area contributed by atoms with E-state index in [9.17, 15) is 9.18 Å². The number of pyridine rings is 1. The third-order valence-electron chi connectivity index (χ3n) is 6.40. The zero-order valence-electron chi connectivity index (χ0n) is 22.2. The number of rotatable bonds is 9. The molecule has 1 aliphatic heterocycles. The normalized spacial score (nSPS) is 17.1. The number of aromatic nitrogens is 5. The van der Waals surface area contributed by atoms with Crippen molar-refractivity contribution in [2.75, 3.05) is 39.2 Å². The lowest BCUT2D eigenvalue weighted by Gasteiger charge is -2.19. The molecule has 1 saturated heterocycles. The van der Waals surface area contributed by atoms with Gasteiger partial charge in [-0.15, -0.1) is 0 Å². The van der Waals surface area contributed by atoms with E-state index in [2.05, 4.69) is 25.6 Å². The Morgan fingerprint density at radius 3 is 2.67 bits per heavy atom. The van der Waals surface area contributed by atoms with Gasteiger partial charge >= 0.3 is 6.03 Å². The number of nitrogens with zero attached hydrogens (tertiary/aromatic N) is 6. The molecule has 12 nitrogen and oxygen atoms in total. The van der Waals surface area contributed by atoms with E-state index in [0.29, 0.717) is 53.9 Å². The van der Waals surface area contributed by atoms with Gasteiger partial charge in [0.15, 0.2) is 0 Å². The number of hydroxylamine groups is 2. The fraction of sp³-hybridized carbons (Fsp3) is 0.296. The van der Waals surface area contributed by atoms with Crippen LogP contribution in [0, 0.1) is 12.9 Å². The van der Waals surface area contributed by atoms with Gasteiger partial charge in [-0.05, 0) is 36.8 Å². The number of ether oxygens (including phenoxy) is 2. The second kappa shape index (κ2) is 12.2. The van der Waals surface area contributed by atoms with Gasteiger partial charge in [0, 0.05) is 32.0 Å². The maximum atomic E-state index is 13.9. The smallest absolute Gasteiger partial charge is 0.320 e. The SMILES string of the molecule is COCCN1C[C@@H](NC(=O)Nc2c(C)c(-c3cnc(OC)cn3)nn2-c2ccccc2)[C@H](c2ccnc(F)c2)O1. The molecule has 2 amide bonds. The molecule has 208 valence electrons. The Balaban J connectivity index is 1.42. The van der Waals surface area contributed by atoms with Crippen LogP contribution in [-0.4, -0.2) is 75.8 Å². The number of methoxy groups -OCH3 is 2. The summed E-state index contributed by atoms with van der Waals surface area (Å²) in [5.74, 6) is 0.206. The first-order valence-electron chi connectivity index (χ1n) is 12.6. The van der Waals surface area contributed by atoms with Gasteiger partial charge in [0.1, 0.15) is 23.3 Å². The largest absolute Gasteiger partial charge is 0.480 e. The fourth-order valence-electron chi connectivity index (χ4n) is 4.44. The van der Waals surface area contributed by atoms with E-state index >= 15 is 0 Å². The van der Waals surface area contributed by atoms with Crippen molar-refractivity contribution in [2.24, 2.45) is 0 Å². The molecule has 0 spiro atoms. The van der Waals surface area contributed by atoms with Crippen LogP contribution in [0.1, 0.15) is 17.2 Å². The number of nitrogens with one attached hydrogen (secondary N) is 2. The first kappa shape index (κ1) is 27.1. The summed E-state index contributed by atoms with van der Waals surface area (Å²) >= 11 is 0.